The SMILES string of the molecule is O=C(NC1CCS(=O)(=O)C1)N1CCCCC1Cc1ccccc1. The van der Waals surface area contributed by atoms with Gasteiger partial charge >= 0.3 is 6.03 Å². The summed E-state index contributed by atoms with van der Waals surface area (Å²) in [6.45, 7) is 0.753. The first-order valence-electron chi connectivity index (χ1n) is 8.35. The topological polar surface area (TPSA) is 66.5 Å². The van der Waals surface area contributed by atoms with Crippen LogP contribution < -0.4 is 5.32 Å². The van der Waals surface area contributed by atoms with Crippen LogP contribution in [0.3, 0.4) is 0 Å². The minimum atomic E-state index is -2.97. The molecule has 2 aliphatic heterocycles. The van der Waals surface area contributed by atoms with E-state index in [2.05, 4.69) is 17.4 Å². The van der Waals surface area contributed by atoms with E-state index in [-0.39, 0.29) is 29.6 Å². The molecule has 2 fully saturated rings. The lowest BCUT2D eigenvalue weighted by molar-refractivity contribution is 0.148. The lowest BCUT2D eigenvalue weighted by Crippen LogP contribution is -2.52. The van der Waals surface area contributed by atoms with Crippen molar-refractivity contribution < 1.29 is 13.2 Å². The zero-order valence-electron chi connectivity index (χ0n) is 13.3. The summed E-state index contributed by atoms with van der Waals surface area (Å²) in [6, 6.07) is 10.1. The average molecular weight is 336 g/mol. The number of hydrogen-bond donors (Lipinski definition) is 1. The van der Waals surface area contributed by atoms with Gasteiger partial charge in [-0.3, -0.25) is 0 Å². The van der Waals surface area contributed by atoms with E-state index >= 15 is 0 Å². The number of hydrogen-bond acceptors (Lipinski definition) is 3. The molecular formula is C17H24N2O3S. The molecule has 1 aromatic rings. The Morgan fingerprint density at radius 3 is 2.65 bits per heavy atom. The van der Waals surface area contributed by atoms with Crippen LogP contribution in [0.1, 0.15) is 31.2 Å². The molecular weight excluding hydrogens is 312 g/mol. The van der Waals surface area contributed by atoms with Gasteiger partial charge in [0.2, 0.25) is 0 Å². The van der Waals surface area contributed by atoms with Crippen LogP contribution in [0.25, 0.3) is 0 Å². The number of urea groups is 1. The van der Waals surface area contributed by atoms with Crippen molar-refractivity contribution in [1.29, 1.82) is 0 Å². The summed E-state index contributed by atoms with van der Waals surface area (Å²) >= 11 is 0. The van der Waals surface area contributed by atoms with Gasteiger partial charge in [-0.15, -0.1) is 0 Å². The third-order valence-corrected chi connectivity index (χ3v) is 6.53. The van der Waals surface area contributed by atoms with Crippen LogP contribution in [0.5, 0.6) is 0 Å². The first kappa shape index (κ1) is 16.3. The lowest BCUT2D eigenvalue weighted by atomic mass is 9.96. The number of nitrogens with one attached hydrogen (secondary N) is 1. The Kier molecular flexibility index (Phi) is 4.90. The van der Waals surface area contributed by atoms with E-state index < -0.39 is 9.84 Å². The molecule has 1 N–H and O–H groups in total. The summed E-state index contributed by atoms with van der Waals surface area (Å²) in [5.41, 5.74) is 1.24. The number of nitrogens with zero attached hydrogens (tertiary/aromatic N) is 1. The van der Waals surface area contributed by atoms with Gasteiger partial charge in [0.25, 0.3) is 0 Å². The van der Waals surface area contributed by atoms with Crippen LogP contribution in [0.4, 0.5) is 4.79 Å². The van der Waals surface area contributed by atoms with Gasteiger partial charge in [-0.1, -0.05) is 30.3 Å². The van der Waals surface area contributed by atoms with Crippen LogP contribution in [-0.2, 0) is 16.3 Å². The van der Waals surface area contributed by atoms with Gasteiger partial charge in [-0.05, 0) is 37.7 Å². The summed E-state index contributed by atoms with van der Waals surface area (Å²) in [6.07, 6.45) is 4.55. The summed E-state index contributed by atoms with van der Waals surface area (Å²) in [5, 5.41) is 2.93. The third kappa shape index (κ3) is 4.25. The summed E-state index contributed by atoms with van der Waals surface area (Å²) in [5.74, 6) is 0.265. The molecule has 6 heteroatoms. The van der Waals surface area contributed by atoms with E-state index in [1.54, 1.807) is 0 Å². The molecule has 0 spiro atoms. The maximum absolute atomic E-state index is 12.6. The lowest BCUT2D eigenvalue weighted by Gasteiger charge is -2.36. The number of amides is 2. The maximum atomic E-state index is 12.6. The first-order valence-corrected chi connectivity index (χ1v) is 10.2. The first-order chi connectivity index (χ1) is 11.0. The Labute approximate surface area is 138 Å². The zero-order chi connectivity index (χ0) is 16.3. The quantitative estimate of drug-likeness (QED) is 0.918. The molecule has 0 saturated carbocycles. The average Bonchev–Trinajstić information content (AvgIpc) is 2.87. The highest BCUT2D eigenvalue weighted by Crippen LogP contribution is 2.21. The Balaban J connectivity index is 1.62. The van der Waals surface area contributed by atoms with Gasteiger partial charge in [0, 0.05) is 18.6 Å². The van der Waals surface area contributed by atoms with Crippen molar-refractivity contribution in [1.82, 2.24) is 10.2 Å². The minimum Gasteiger partial charge on any atom is -0.334 e. The molecule has 5 nitrogen and oxygen atoms in total. The number of likely N-dealkylation sites (tertiary alicyclic amines) is 1. The Bertz CT molecular complexity index is 645. The number of benzene rings is 1. The van der Waals surface area contributed by atoms with Gasteiger partial charge in [0.05, 0.1) is 11.5 Å². The smallest absolute Gasteiger partial charge is 0.317 e. The van der Waals surface area contributed by atoms with Crippen LogP contribution in [-0.4, -0.2) is 49.5 Å². The monoisotopic (exact) mass is 336 g/mol. The molecule has 1 aromatic carbocycles. The number of carbonyl (C=O) groups excluding carboxylic acids is 1. The molecule has 3 rings (SSSR count). The second-order valence-electron chi connectivity index (χ2n) is 6.58. The Hall–Kier alpha value is -1.56. The largest absolute Gasteiger partial charge is 0.334 e. The summed E-state index contributed by atoms with van der Waals surface area (Å²) in [4.78, 5) is 14.5. The van der Waals surface area contributed by atoms with Crippen molar-refractivity contribution in [2.45, 2.75) is 44.2 Å². The predicted molar refractivity (Wildman–Crippen MR) is 90.1 cm³/mol. The fourth-order valence-corrected chi connectivity index (χ4v) is 5.21. The van der Waals surface area contributed by atoms with E-state index in [4.69, 9.17) is 0 Å². The van der Waals surface area contributed by atoms with Crippen LogP contribution in [0, 0.1) is 0 Å². The highest BCUT2D eigenvalue weighted by Gasteiger charge is 2.32. The third-order valence-electron chi connectivity index (χ3n) is 4.76. The molecule has 2 heterocycles. The molecule has 2 unspecified atom stereocenters. The molecule has 0 bridgehead atoms. The predicted octanol–water partition coefficient (Wildman–Crippen LogP) is 1.98. The minimum absolute atomic E-state index is 0.0793. The summed E-state index contributed by atoms with van der Waals surface area (Å²) < 4.78 is 23.1. The standard InChI is InChI=1S/C17H24N2O3S/c20-17(18-15-9-11-23(21,22)13-15)19-10-5-4-8-16(19)12-14-6-2-1-3-7-14/h1-3,6-7,15-16H,4-5,8-13H2,(H,18,20). The van der Waals surface area contributed by atoms with E-state index in [0.29, 0.717) is 6.42 Å². The Morgan fingerprint density at radius 2 is 1.96 bits per heavy atom. The second-order valence-corrected chi connectivity index (χ2v) is 8.81. The van der Waals surface area contributed by atoms with Gasteiger partial charge in [0.1, 0.15) is 0 Å². The van der Waals surface area contributed by atoms with Gasteiger partial charge in [-0.2, -0.15) is 0 Å². The van der Waals surface area contributed by atoms with Gasteiger partial charge in [0.15, 0.2) is 9.84 Å². The molecule has 126 valence electrons. The highest BCUT2D eigenvalue weighted by molar-refractivity contribution is 7.91. The van der Waals surface area contributed by atoms with Crippen molar-refractivity contribution in [3.8, 4) is 0 Å². The van der Waals surface area contributed by atoms with Crippen molar-refractivity contribution in [3.63, 3.8) is 0 Å². The molecule has 2 atom stereocenters. The van der Waals surface area contributed by atoms with Gasteiger partial charge in [-0.25, -0.2) is 13.2 Å². The zero-order valence-corrected chi connectivity index (χ0v) is 14.1. The fraction of sp³-hybridized carbons (Fsp3) is 0.588. The van der Waals surface area contributed by atoms with Crippen LogP contribution >= 0.6 is 0 Å². The van der Waals surface area contributed by atoms with E-state index in [0.717, 1.165) is 32.2 Å². The molecule has 0 radical (unpaired) electrons. The van der Waals surface area contributed by atoms with E-state index in [9.17, 15) is 13.2 Å². The maximum Gasteiger partial charge on any atom is 0.317 e. The van der Waals surface area contributed by atoms with E-state index in [1.807, 2.05) is 23.1 Å². The normalized spacial score (nSPS) is 26.9. The van der Waals surface area contributed by atoms with Crippen LogP contribution in [0.15, 0.2) is 30.3 Å². The molecule has 0 aliphatic carbocycles. The van der Waals surface area contributed by atoms with Gasteiger partial charge < -0.3 is 10.2 Å². The molecule has 2 amide bonds. The van der Waals surface area contributed by atoms with Crippen molar-refractivity contribution in [2.24, 2.45) is 0 Å². The second kappa shape index (κ2) is 6.91. The molecule has 23 heavy (non-hydrogen) atoms. The number of piperidine rings is 1. The molecule has 0 aromatic heterocycles. The number of rotatable bonds is 3. The number of carbonyl (C=O) groups is 1. The molecule has 2 saturated heterocycles. The van der Waals surface area contributed by atoms with Crippen molar-refractivity contribution >= 4 is 15.9 Å². The fourth-order valence-electron chi connectivity index (χ4n) is 3.53. The van der Waals surface area contributed by atoms with E-state index in [1.165, 1.54) is 5.56 Å². The van der Waals surface area contributed by atoms with Crippen molar-refractivity contribution in [2.75, 3.05) is 18.1 Å². The summed E-state index contributed by atoms with van der Waals surface area (Å²) in [7, 11) is -2.97. The highest BCUT2D eigenvalue weighted by atomic mass is 32.2. The van der Waals surface area contributed by atoms with Crippen molar-refractivity contribution in [3.05, 3.63) is 35.9 Å². The molecule has 2 aliphatic rings. The van der Waals surface area contributed by atoms with Crippen LogP contribution in [0.2, 0.25) is 0 Å². The number of sulfone groups is 1. The Morgan fingerprint density at radius 1 is 1.17 bits per heavy atom.